The van der Waals surface area contributed by atoms with E-state index in [1.54, 1.807) is 0 Å². The van der Waals surface area contributed by atoms with Crippen molar-refractivity contribution in [3.8, 4) is 6.07 Å². The maximum atomic E-state index is 11.7. The van der Waals surface area contributed by atoms with Crippen LogP contribution >= 0.6 is 11.3 Å². The fourth-order valence-electron chi connectivity index (χ4n) is 2.37. The predicted molar refractivity (Wildman–Crippen MR) is 75.7 cm³/mol. The molecule has 0 aliphatic heterocycles. The summed E-state index contributed by atoms with van der Waals surface area (Å²) in [5.41, 5.74) is 1.62. The average molecular weight is 292 g/mol. The Morgan fingerprint density at radius 1 is 1.50 bits per heavy atom. The van der Waals surface area contributed by atoms with Crippen molar-refractivity contribution in [3.05, 3.63) is 16.0 Å². The number of carbonyl (C=O) groups excluding carboxylic acids is 1. The predicted octanol–water partition coefficient (Wildman–Crippen LogP) is 2.55. The summed E-state index contributed by atoms with van der Waals surface area (Å²) in [6.45, 7) is 2.16. The maximum absolute atomic E-state index is 11.7. The number of nitrogens with zero attached hydrogens (tertiary/aromatic N) is 1. The smallest absolute Gasteiger partial charge is 0.303 e. The number of thiophene rings is 1. The number of aliphatic carboxylic acids is 1. The zero-order valence-electron chi connectivity index (χ0n) is 11.2. The van der Waals surface area contributed by atoms with Gasteiger partial charge in [-0.15, -0.1) is 11.3 Å². The lowest BCUT2D eigenvalue weighted by Gasteiger charge is -2.17. The molecule has 0 radical (unpaired) electrons. The van der Waals surface area contributed by atoms with Gasteiger partial charge in [-0.25, -0.2) is 0 Å². The Bertz CT molecular complexity index is 586. The summed E-state index contributed by atoms with van der Waals surface area (Å²) in [6, 6.07) is 2.17. The molecule has 106 valence electrons. The third-order valence-corrected chi connectivity index (χ3v) is 4.65. The van der Waals surface area contributed by atoms with Crippen LogP contribution in [0.2, 0.25) is 0 Å². The van der Waals surface area contributed by atoms with Crippen LogP contribution in [0.4, 0.5) is 5.00 Å². The Morgan fingerprint density at radius 3 is 2.90 bits per heavy atom. The summed E-state index contributed by atoms with van der Waals surface area (Å²) in [6.07, 6.45) is 2.65. The van der Waals surface area contributed by atoms with Gasteiger partial charge in [-0.2, -0.15) is 5.26 Å². The topological polar surface area (TPSA) is 90.2 Å². The van der Waals surface area contributed by atoms with Gasteiger partial charge < -0.3 is 10.4 Å². The molecule has 5 nitrogen and oxygen atoms in total. The van der Waals surface area contributed by atoms with E-state index in [-0.39, 0.29) is 18.7 Å². The molecule has 0 spiro atoms. The summed E-state index contributed by atoms with van der Waals surface area (Å²) in [7, 11) is 0. The van der Waals surface area contributed by atoms with Gasteiger partial charge in [0.15, 0.2) is 0 Å². The lowest BCUT2D eigenvalue weighted by atomic mass is 9.88. The molecule has 1 atom stereocenters. The number of aryl methyl sites for hydroxylation is 1. The number of carboxylic acid groups (broad SMARTS) is 1. The Labute approximate surface area is 121 Å². The number of amides is 1. The van der Waals surface area contributed by atoms with Crippen LogP contribution < -0.4 is 5.32 Å². The second-order valence-electron chi connectivity index (χ2n) is 5.11. The molecule has 2 N–H and O–H groups in total. The van der Waals surface area contributed by atoms with E-state index in [1.165, 1.54) is 16.2 Å². The van der Waals surface area contributed by atoms with Crippen molar-refractivity contribution in [1.82, 2.24) is 0 Å². The maximum Gasteiger partial charge on any atom is 0.303 e. The van der Waals surface area contributed by atoms with E-state index in [9.17, 15) is 14.9 Å². The van der Waals surface area contributed by atoms with E-state index in [1.807, 2.05) is 0 Å². The molecule has 20 heavy (non-hydrogen) atoms. The zero-order valence-corrected chi connectivity index (χ0v) is 12.0. The number of fused-ring (bicyclic) bond motifs is 1. The molecule has 0 saturated carbocycles. The molecule has 0 aromatic carbocycles. The highest BCUT2D eigenvalue weighted by atomic mass is 32.1. The lowest BCUT2D eigenvalue weighted by Crippen LogP contribution is -2.13. The van der Waals surface area contributed by atoms with Crippen molar-refractivity contribution < 1.29 is 14.7 Å². The number of hydrogen-bond donors (Lipinski definition) is 2. The molecule has 6 heteroatoms. The van der Waals surface area contributed by atoms with E-state index in [0.29, 0.717) is 16.5 Å². The second kappa shape index (κ2) is 6.06. The number of nitriles is 1. The summed E-state index contributed by atoms with van der Waals surface area (Å²) in [5.74, 6) is -0.796. The van der Waals surface area contributed by atoms with Crippen LogP contribution in [0.25, 0.3) is 0 Å². The number of carbonyl (C=O) groups is 2. The third kappa shape index (κ3) is 3.17. The largest absolute Gasteiger partial charge is 0.481 e. The number of hydrogen-bond acceptors (Lipinski definition) is 4. The first-order valence-electron chi connectivity index (χ1n) is 6.57. The number of nitrogens with one attached hydrogen (secondary N) is 1. The van der Waals surface area contributed by atoms with E-state index < -0.39 is 5.97 Å². The normalized spacial score (nSPS) is 17.1. The SMILES string of the molecule is C[C@@H]1CCc2sc(NC(=O)CCC(=O)O)c(C#N)c2C1. The van der Waals surface area contributed by atoms with E-state index in [4.69, 9.17) is 5.11 Å². The average Bonchev–Trinajstić information content (AvgIpc) is 2.72. The molecule has 0 saturated heterocycles. The molecule has 2 rings (SSSR count). The van der Waals surface area contributed by atoms with Crippen LogP contribution in [0, 0.1) is 17.2 Å². The molecule has 0 bridgehead atoms. The van der Waals surface area contributed by atoms with Crippen LogP contribution in [0.1, 0.15) is 42.2 Å². The minimum atomic E-state index is -1.00. The first-order chi connectivity index (χ1) is 9.51. The summed E-state index contributed by atoms with van der Waals surface area (Å²) in [5, 5.41) is 21.1. The highest BCUT2D eigenvalue weighted by Crippen LogP contribution is 2.39. The molecule has 1 aromatic rings. The quantitative estimate of drug-likeness (QED) is 0.892. The van der Waals surface area contributed by atoms with Gasteiger partial charge in [0.25, 0.3) is 0 Å². The van der Waals surface area contributed by atoms with Gasteiger partial charge in [0.05, 0.1) is 12.0 Å². The molecule has 1 aromatic heterocycles. The second-order valence-corrected chi connectivity index (χ2v) is 6.21. The molecular weight excluding hydrogens is 276 g/mol. The highest BCUT2D eigenvalue weighted by molar-refractivity contribution is 7.16. The van der Waals surface area contributed by atoms with Gasteiger partial charge in [-0.3, -0.25) is 9.59 Å². The van der Waals surface area contributed by atoms with Crippen molar-refractivity contribution in [1.29, 1.82) is 5.26 Å². The Balaban J connectivity index is 2.15. The number of rotatable bonds is 4. The third-order valence-electron chi connectivity index (χ3n) is 3.44. The molecule has 1 aliphatic rings. The molecule has 1 heterocycles. The fourth-order valence-corrected chi connectivity index (χ4v) is 3.58. The van der Waals surface area contributed by atoms with Crippen LogP contribution in [0.3, 0.4) is 0 Å². The van der Waals surface area contributed by atoms with Crippen LogP contribution in [0.15, 0.2) is 0 Å². The minimum Gasteiger partial charge on any atom is -0.481 e. The molecule has 1 amide bonds. The molecular formula is C14H16N2O3S. The number of carboxylic acids is 1. The van der Waals surface area contributed by atoms with Crippen LogP contribution in [-0.4, -0.2) is 17.0 Å². The standard InChI is InChI=1S/C14H16N2O3S/c1-8-2-3-11-9(6-8)10(7-15)14(20-11)16-12(17)4-5-13(18)19/h8H,2-6H2,1H3,(H,16,17)(H,18,19)/t8-/m1/s1. The van der Waals surface area contributed by atoms with E-state index in [0.717, 1.165) is 24.8 Å². The van der Waals surface area contributed by atoms with Gasteiger partial charge in [0.1, 0.15) is 11.1 Å². The van der Waals surface area contributed by atoms with Gasteiger partial charge >= 0.3 is 5.97 Å². The van der Waals surface area contributed by atoms with Crippen molar-refractivity contribution in [2.24, 2.45) is 5.92 Å². The van der Waals surface area contributed by atoms with Gasteiger partial charge in [-0.1, -0.05) is 6.92 Å². The number of anilines is 1. The fraction of sp³-hybridized carbons (Fsp3) is 0.500. The van der Waals surface area contributed by atoms with Crippen molar-refractivity contribution in [2.75, 3.05) is 5.32 Å². The molecule has 1 aliphatic carbocycles. The Hall–Kier alpha value is -1.87. The van der Waals surface area contributed by atoms with Crippen molar-refractivity contribution in [3.63, 3.8) is 0 Å². The summed E-state index contributed by atoms with van der Waals surface area (Å²) >= 11 is 1.45. The van der Waals surface area contributed by atoms with E-state index in [2.05, 4.69) is 18.3 Å². The minimum absolute atomic E-state index is 0.0703. The molecule has 0 fully saturated rings. The van der Waals surface area contributed by atoms with Gasteiger partial charge in [-0.05, 0) is 30.7 Å². The van der Waals surface area contributed by atoms with E-state index >= 15 is 0 Å². The first kappa shape index (κ1) is 14.5. The Morgan fingerprint density at radius 2 is 2.25 bits per heavy atom. The summed E-state index contributed by atoms with van der Waals surface area (Å²) < 4.78 is 0. The lowest BCUT2D eigenvalue weighted by molar-refractivity contribution is -0.138. The summed E-state index contributed by atoms with van der Waals surface area (Å²) in [4.78, 5) is 23.3. The monoisotopic (exact) mass is 292 g/mol. The molecule has 0 unspecified atom stereocenters. The van der Waals surface area contributed by atoms with Crippen molar-refractivity contribution in [2.45, 2.75) is 39.0 Å². The zero-order chi connectivity index (χ0) is 14.7. The van der Waals surface area contributed by atoms with Crippen LogP contribution in [0.5, 0.6) is 0 Å². The first-order valence-corrected chi connectivity index (χ1v) is 7.39. The Kier molecular flexibility index (Phi) is 4.40. The van der Waals surface area contributed by atoms with Gasteiger partial charge in [0, 0.05) is 11.3 Å². The van der Waals surface area contributed by atoms with Gasteiger partial charge in [0.2, 0.25) is 5.91 Å². The van der Waals surface area contributed by atoms with Crippen LogP contribution in [-0.2, 0) is 22.4 Å². The highest BCUT2D eigenvalue weighted by Gasteiger charge is 2.24. The van der Waals surface area contributed by atoms with Crippen molar-refractivity contribution >= 4 is 28.2 Å².